The van der Waals surface area contributed by atoms with Crippen LogP contribution < -0.4 is 10.1 Å². The topological polar surface area (TPSA) is 74.1 Å². The lowest BCUT2D eigenvalue weighted by Gasteiger charge is -2.28. The summed E-state index contributed by atoms with van der Waals surface area (Å²) in [5.41, 5.74) is 2.43. The van der Waals surface area contributed by atoms with Crippen molar-refractivity contribution in [3.8, 4) is 11.6 Å². The number of fused-ring (bicyclic) bond motifs is 3. The monoisotopic (exact) mass is 493 g/mol. The van der Waals surface area contributed by atoms with Gasteiger partial charge in [-0.1, -0.05) is 17.7 Å². The van der Waals surface area contributed by atoms with Crippen LogP contribution in [0.4, 0.5) is 0 Å². The van der Waals surface area contributed by atoms with E-state index in [0.29, 0.717) is 23.9 Å². The first-order valence-electron chi connectivity index (χ1n) is 12.9. The second-order valence-corrected chi connectivity index (χ2v) is 10.4. The largest absolute Gasteiger partial charge is 0.474 e. The molecule has 3 aliphatic rings. The quantitative estimate of drug-likeness (QED) is 0.557. The maximum atomic E-state index is 6.45. The van der Waals surface area contributed by atoms with Crippen LogP contribution in [0.25, 0.3) is 5.69 Å². The summed E-state index contributed by atoms with van der Waals surface area (Å²) < 4.78 is 14.0. The smallest absolute Gasteiger partial charge is 0.213 e. The molecule has 6 rings (SSSR count). The average Bonchev–Trinajstić information content (AvgIpc) is 3.22. The first-order valence-corrected chi connectivity index (χ1v) is 13.2. The number of ether oxygens (including phenoxy) is 2. The average molecular weight is 494 g/mol. The molecule has 2 aliphatic heterocycles. The second kappa shape index (κ2) is 10.2. The van der Waals surface area contributed by atoms with Crippen molar-refractivity contribution in [2.75, 3.05) is 13.2 Å². The summed E-state index contributed by atoms with van der Waals surface area (Å²) in [6.45, 7) is 1.67. The van der Waals surface area contributed by atoms with E-state index in [-0.39, 0.29) is 6.10 Å². The molecule has 2 aromatic heterocycles. The Kier molecular flexibility index (Phi) is 6.72. The third-order valence-corrected chi connectivity index (χ3v) is 7.83. The van der Waals surface area contributed by atoms with Crippen molar-refractivity contribution >= 4 is 11.6 Å². The first kappa shape index (κ1) is 23.0. The molecule has 2 fully saturated rings. The zero-order valence-corrected chi connectivity index (χ0v) is 20.7. The van der Waals surface area contributed by atoms with Gasteiger partial charge in [0.25, 0.3) is 0 Å². The van der Waals surface area contributed by atoms with Crippen LogP contribution in [-0.2, 0) is 17.6 Å². The normalized spacial score (nSPS) is 24.9. The van der Waals surface area contributed by atoms with Crippen LogP contribution in [0.2, 0.25) is 5.02 Å². The summed E-state index contributed by atoms with van der Waals surface area (Å²) >= 11 is 6.45. The predicted molar refractivity (Wildman–Crippen MR) is 134 cm³/mol. The Morgan fingerprint density at radius 1 is 0.943 bits per heavy atom. The van der Waals surface area contributed by atoms with Crippen LogP contribution >= 0.6 is 11.6 Å². The lowest BCUT2D eigenvalue weighted by Crippen LogP contribution is -2.43. The van der Waals surface area contributed by atoms with Crippen molar-refractivity contribution in [2.24, 2.45) is 0 Å². The van der Waals surface area contributed by atoms with E-state index in [9.17, 15) is 0 Å². The molecule has 1 saturated heterocycles. The van der Waals surface area contributed by atoms with Crippen LogP contribution in [-0.4, -0.2) is 51.1 Å². The summed E-state index contributed by atoms with van der Waals surface area (Å²) in [4.78, 5) is 4.32. The molecule has 0 amide bonds. The van der Waals surface area contributed by atoms with Crippen LogP contribution in [0, 0.1) is 0 Å². The fourth-order valence-corrected chi connectivity index (χ4v) is 6.02. The Hall–Kier alpha value is -2.48. The summed E-state index contributed by atoms with van der Waals surface area (Å²) in [6.07, 6.45) is 9.92. The van der Waals surface area contributed by atoms with Crippen molar-refractivity contribution < 1.29 is 9.47 Å². The van der Waals surface area contributed by atoms with Crippen molar-refractivity contribution in [1.82, 2.24) is 25.1 Å². The summed E-state index contributed by atoms with van der Waals surface area (Å²) in [6, 6.07) is 12.8. The molecule has 1 unspecified atom stereocenters. The molecular weight excluding hydrogens is 462 g/mol. The van der Waals surface area contributed by atoms with E-state index in [1.165, 1.54) is 11.3 Å². The Labute approximate surface area is 211 Å². The fraction of sp³-hybridized carbons (Fsp3) is 0.519. The van der Waals surface area contributed by atoms with E-state index in [4.69, 9.17) is 31.3 Å². The van der Waals surface area contributed by atoms with E-state index < -0.39 is 0 Å². The lowest BCUT2D eigenvalue weighted by atomic mass is 9.86. The molecule has 1 N–H and O–H groups in total. The molecule has 3 aromatic rings. The van der Waals surface area contributed by atoms with Gasteiger partial charge in [-0.05, 0) is 74.8 Å². The summed E-state index contributed by atoms with van der Waals surface area (Å²) in [5, 5.41) is 14.1. The highest BCUT2D eigenvalue weighted by Gasteiger charge is 2.32. The predicted octanol–water partition coefficient (Wildman–Crippen LogP) is 4.66. The fourth-order valence-electron chi connectivity index (χ4n) is 5.83. The molecule has 8 heteroatoms. The van der Waals surface area contributed by atoms with Crippen molar-refractivity contribution in [2.45, 2.75) is 75.5 Å². The third-order valence-electron chi connectivity index (χ3n) is 7.59. The Morgan fingerprint density at radius 2 is 1.80 bits per heavy atom. The molecule has 0 radical (unpaired) electrons. The molecule has 0 bridgehead atoms. The van der Waals surface area contributed by atoms with Gasteiger partial charge in [0.1, 0.15) is 17.8 Å². The molecule has 4 heterocycles. The maximum Gasteiger partial charge on any atom is 0.213 e. The first-order chi connectivity index (χ1) is 17.2. The minimum absolute atomic E-state index is 0.201. The molecule has 1 aromatic carbocycles. The van der Waals surface area contributed by atoms with Gasteiger partial charge in [0.2, 0.25) is 5.88 Å². The SMILES string of the molecule is Clc1ccc2c(c1)CC(NC1CCOCC1)Cc1nnc(C3CCC(Oc4ccccn4)CC3)n1-2. The number of hydrogen-bond acceptors (Lipinski definition) is 6. The minimum atomic E-state index is 0.201. The number of nitrogens with one attached hydrogen (secondary N) is 1. The Balaban J connectivity index is 1.23. The van der Waals surface area contributed by atoms with Gasteiger partial charge in [0, 0.05) is 54.9 Å². The number of pyridine rings is 1. The maximum absolute atomic E-state index is 6.45. The van der Waals surface area contributed by atoms with Crippen LogP contribution in [0.1, 0.15) is 61.7 Å². The second-order valence-electron chi connectivity index (χ2n) is 10.0. The van der Waals surface area contributed by atoms with Gasteiger partial charge >= 0.3 is 0 Å². The van der Waals surface area contributed by atoms with Gasteiger partial charge < -0.3 is 14.8 Å². The number of aromatic nitrogens is 4. The highest BCUT2D eigenvalue weighted by molar-refractivity contribution is 6.30. The van der Waals surface area contributed by atoms with E-state index in [1.807, 2.05) is 24.3 Å². The van der Waals surface area contributed by atoms with E-state index in [2.05, 4.69) is 27.0 Å². The van der Waals surface area contributed by atoms with Crippen molar-refractivity contribution in [1.29, 1.82) is 0 Å². The highest BCUT2D eigenvalue weighted by atomic mass is 35.5. The van der Waals surface area contributed by atoms with Gasteiger partial charge in [-0.25, -0.2) is 4.98 Å². The van der Waals surface area contributed by atoms with E-state index in [0.717, 1.165) is 81.3 Å². The molecule has 184 valence electrons. The van der Waals surface area contributed by atoms with Crippen LogP contribution in [0.15, 0.2) is 42.6 Å². The third kappa shape index (κ3) is 5.08. The molecule has 0 spiro atoms. The van der Waals surface area contributed by atoms with Crippen molar-refractivity contribution in [3.63, 3.8) is 0 Å². The molecule has 7 nitrogen and oxygen atoms in total. The zero-order chi connectivity index (χ0) is 23.6. The number of hydrogen-bond donors (Lipinski definition) is 1. The molecular formula is C27H32ClN5O2. The van der Waals surface area contributed by atoms with Gasteiger partial charge in [-0.15, -0.1) is 10.2 Å². The van der Waals surface area contributed by atoms with E-state index in [1.54, 1.807) is 6.20 Å². The lowest BCUT2D eigenvalue weighted by molar-refractivity contribution is 0.0748. The number of benzene rings is 1. The zero-order valence-electron chi connectivity index (χ0n) is 19.9. The molecule has 35 heavy (non-hydrogen) atoms. The number of nitrogens with zero attached hydrogens (tertiary/aromatic N) is 4. The Morgan fingerprint density at radius 3 is 2.60 bits per heavy atom. The summed E-state index contributed by atoms with van der Waals surface area (Å²) in [5.74, 6) is 3.19. The minimum Gasteiger partial charge on any atom is -0.474 e. The van der Waals surface area contributed by atoms with Gasteiger partial charge in [0.05, 0.1) is 5.69 Å². The Bertz CT molecular complexity index is 1140. The van der Waals surface area contributed by atoms with E-state index >= 15 is 0 Å². The highest BCUT2D eigenvalue weighted by Crippen LogP contribution is 2.37. The molecule has 1 aliphatic carbocycles. The number of halogens is 1. The summed E-state index contributed by atoms with van der Waals surface area (Å²) in [7, 11) is 0. The molecule has 1 atom stereocenters. The van der Waals surface area contributed by atoms with Gasteiger partial charge in [-0.3, -0.25) is 4.57 Å². The van der Waals surface area contributed by atoms with Crippen molar-refractivity contribution in [3.05, 3.63) is 64.8 Å². The van der Waals surface area contributed by atoms with Gasteiger partial charge in [0.15, 0.2) is 0 Å². The van der Waals surface area contributed by atoms with Crippen LogP contribution in [0.3, 0.4) is 0 Å². The van der Waals surface area contributed by atoms with Crippen LogP contribution in [0.5, 0.6) is 5.88 Å². The number of rotatable bonds is 5. The van der Waals surface area contributed by atoms with Gasteiger partial charge in [-0.2, -0.15) is 0 Å². The molecule has 1 saturated carbocycles. The standard InChI is InChI=1S/C27H32ClN5O2/c28-20-6-9-24-19(15-20)16-22(30-21-10-13-34-14-11-21)17-25-31-32-27(33(24)25)18-4-7-23(8-5-18)35-26-3-1-2-12-29-26/h1-3,6,9,12,15,18,21-23,30H,4-5,7-8,10-11,13-14,16-17H2.